The Bertz CT molecular complexity index is 335. The second kappa shape index (κ2) is 5.80. The van der Waals surface area contributed by atoms with E-state index in [2.05, 4.69) is 11.4 Å². The molecule has 0 saturated heterocycles. The quantitative estimate of drug-likeness (QED) is 0.694. The zero-order chi connectivity index (χ0) is 11.1. The number of hydrogen-bond acceptors (Lipinski definition) is 2. The number of rotatable bonds is 5. The van der Waals surface area contributed by atoms with Crippen LogP contribution in [0.4, 0.5) is 0 Å². The maximum absolute atomic E-state index is 10.9. The van der Waals surface area contributed by atoms with Gasteiger partial charge in [-0.3, -0.25) is 9.59 Å². The van der Waals surface area contributed by atoms with Crippen molar-refractivity contribution in [2.24, 2.45) is 0 Å². The van der Waals surface area contributed by atoms with Crippen LogP contribution >= 0.6 is 0 Å². The molecule has 1 radical (unpaired) electrons. The molecule has 0 aliphatic rings. The molecule has 0 aliphatic heterocycles. The van der Waals surface area contributed by atoms with Crippen LogP contribution in [0, 0.1) is 6.07 Å². The van der Waals surface area contributed by atoms with Gasteiger partial charge in [-0.2, -0.15) is 0 Å². The minimum atomic E-state index is -1.11. The van der Waals surface area contributed by atoms with Gasteiger partial charge >= 0.3 is 5.97 Å². The van der Waals surface area contributed by atoms with Crippen molar-refractivity contribution in [3.63, 3.8) is 0 Å². The van der Waals surface area contributed by atoms with Crippen LogP contribution < -0.4 is 5.32 Å². The maximum Gasteiger partial charge on any atom is 0.312 e. The highest BCUT2D eigenvalue weighted by atomic mass is 16.4. The molecule has 15 heavy (non-hydrogen) atoms. The number of carbonyl (C=O) groups excluding carboxylic acids is 1. The molecule has 4 nitrogen and oxygen atoms in total. The van der Waals surface area contributed by atoms with Crippen molar-refractivity contribution in [2.75, 3.05) is 6.54 Å². The number of hydrogen-bond donors (Lipinski definition) is 2. The van der Waals surface area contributed by atoms with Gasteiger partial charge in [0.2, 0.25) is 5.91 Å². The van der Waals surface area contributed by atoms with Gasteiger partial charge in [0.15, 0.2) is 0 Å². The van der Waals surface area contributed by atoms with Gasteiger partial charge in [0, 0.05) is 6.54 Å². The highest BCUT2D eigenvalue weighted by molar-refractivity contribution is 5.93. The minimum absolute atomic E-state index is 0.448. The van der Waals surface area contributed by atoms with E-state index in [4.69, 9.17) is 5.11 Å². The fourth-order valence-corrected chi connectivity index (χ4v) is 1.13. The van der Waals surface area contributed by atoms with Crippen molar-refractivity contribution >= 4 is 11.9 Å². The zero-order valence-corrected chi connectivity index (χ0v) is 8.19. The zero-order valence-electron chi connectivity index (χ0n) is 8.19. The van der Waals surface area contributed by atoms with Crippen LogP contribution in [0.2, 0.25) is 0 Å². The van der Waals surface area contributed by atoms with E-state index in [0.29, 0.717) is 13.0 Å². The Kier molecular flexibility index (Phi) is 4.34. The molecule has 0 bridgehead atoms. The summed E-state index contributed by atoms with van der Waals surface area (Å²) in [5.74, 6) is -1.57. The number of benzene rings is 1. The highest BCUT2D eigenvalue weighted by Crippen LogP contribution is 1.97. The van der Waals surface area contributed by atoms with Crippen molar-refractivity contribution in [2.45, 2.75) is 12.8 Å². The Morgan fingerprint density at radius 1 is 1.47 bits per heavy atom. The number of carboxylic acid groups (broad SMARTS) is 1. The van der Waals surface area contributed by atoms with E-state index < -0.39 is 18.3 Å². The van der Waals surface area contributed by atoms with Gasteiger partial charge in [-0.15, -0.1) is 0 Å². The molecule has 1 rings (SSSR count). The standard InChI is InChI=1S/C11H12NO3/c13-10(8-11(14)15)12-7-6-9-4-2-1-3-5-9/h1-2,4-5H,6-8H2,(H,12,13)(H,14,15). The summed E-state index contributed by atoms with van der Waals surface area (Å²) in [6, 6.07) is 10.4. The van der Waals surface area contributed by atoms with Crippen LogP contribution in [0.3, 0.4) is 0 Å². The molecular formula is C11H12NO3. The van der Waals surface area contributed by atoms with E-state index in [-0.39, 0.29) is 0 Å². The molecule has 1 aromatic rings. The molecule has 0 atom stereocenters. The van der Waals surface area contributed by atoms with Gasteiger partial charge in [-0.1, -0.05) is 24.3 Å². The maximum atomic E-state index is 10.9. The van der Waals surface area contributed by atoms with E-state index in [0.717, 1.165) is 5.56 Å². The van der Waals surface area contributed by atoms with Crippen LogP contribution in [0.15, 0.2) is 24.3 Å². The molecule has 1 aromatic carbocycles. The first-order valence-corrected chi connectivity index (χ1v) is 4.62. The molecule has 1 amide bonds. The van der Waals surface area contributed by atoms with Crippen LogP contribution in [-0.2, 0) is 16.0 Å². The summed E-state index contributed by atoms with van der Waals surface area (Å²) in [5, 5.41) is 10.9. The Labute approximate surface area is 87.9 Å². The Morgan fingerprint density at radius 3 is 2.87 bits per heavy atom. The average Bonchev–Trinajstić information content (AvgIpc) is 2.18. The van der Waals surface area contributed by atoms with E-state index >= 15 is 0 Å². The van der Waals surface area contributed by atoms with E-state index in [1.165, 1.54) is 0 Å². The van der Waals surface area contributed by atoms with Crippen molar-refractivity contribution < 1.29 is 14.7 Å². The summed E-state index contributed by atoms with van der Waals surface area (Å²) in [7, 11) is 0. The smallest absolute Gasteiger partial charge is 0.312 e. The third-order valence-corrected chi connectivity index (χ3v) is 1.82. The molecule has 2 N–H and O–H groups in total. The number of carboxylic acids is 1. The molecule has 0 spiro atoms. The second-order valence-corrected chi connectivity index (χ2v) is 3.08. The first-order chi connectivity index (χ1) is 7.18. The number of carbonyl (C=O) groups is 2. The lowest BCUT2D eigenvalue weighted by molar-refractivity contribution is -0.140. The van der Waals surface area contributed by atoms with Gasteiger partial charge in [-0.05, 0) is 18.1 Å². The van der Waals surface area contributed by atoms with Crippen LogP contribution in [0.25, 0.3) is 0 Å². The third kappa shape index (κ3) is 4.81. The lowest BCUT2D eigenvalue weighted by Gasteiger charge is -2.03. The van der Waals surface area contributed by atoms with Gasteiger partial charge in [0.25, 0.3) is 0 Å². The molecule has 0 unspecified atom stereocenters. The van der Waals surface area contributed by atoms with Crippen molar-refractivity contribution in [1.29, 1.82) is 0 Å². The summed E-state index contributed by atoms with van der Waals surface area (Å²) in [4.78, 5) is 21.1. The SMILES string of the molecule is O=C(O)CC(=O)NCCc1c[c]ccc1. The lowest BCUT2D eigenvalue weighted by atomic mass is 10.1. The second-order valence-electron chi connectivity index (χ2n) is 3.08. The van der Waals surface area contributed by atoms with E-state index in [1.54, 1.807) is 6.07 Å². The molecule has 0 heterocycles. The Morgan fingerprint density at radius 2 is 2.27 bits per heavy atom. The molecule has 4 heteroatoms. The predicted octanol–water partition coefficient (Wildman–Crippen LogP) is 0.620. The first-order valence-electron chi connectivity index (χ1n) is 4.62. The minimum Gasteiger partial charge on any atom is -0.481 e. The summed E-state index contributed by atoms with van der Waals surface area (Å²) < 4.78 is 0. The largest absolute Gasteiger partial charge is 0.481 e. The number of aliphatic carboxylic acids is 1. The number of nitrogens with one attached hydrogen (secondary N) is 1. The molecular weight excluding hydrogens is 194 g/mol. The summed E-state index contributed by atoms with van der Waals surface area (Å²) >= 11 is 0. The van der Waals surface area contributed by atoms with Crippen LogP contribution in [-0.4, -0.2) is 23.5 Å². The molecule has 0 aliphatic carbocycles. The van der Waals surface area contributed by atoms with Gasteiger partial charge < -0.3 is 10.4 Å². The molecule has 0 aromatic heterocycles. The summed E-state index contributed by atoms with van der Waals surface area (Å²) in [6.07, 6.45) is 0.212. The fraction of sp³-hybridized carbons (Fsp3) is 0.273. The molecule has 0 saturated carbocycles. The molecule has 79 valence electrons. The predicted molar refractivity (Wildman–Crippen MR) is 54.2 cm³/mol. The van der Waals surface area contributed by atoms with Crippen molar-refractivity contribution in [3.05, 3.63) is 35.9 Å². The average molecular weight is 206 g/mol. The third-order valence-electron chi connectivity index (χ3n) is 1.82. The lowest BCUT2D eigenvalue weighted by Crippen LogP contribution is -2.27. The van der Waals surface area contributed by atoms with Crippen LogP contribution in [0.5, 0.6) is 0 Å². The van der Waals surface area contributed by atoms with Crippen LogP contribution in [0.1, 0.15) is 12.0 Å². The fourth-order valence-electron chi connectivity index (χ4n) is 1.13. The van der Waals surface area contributed by atoms with Crippen molar-refractivity contribution in [3.8, 4) is 0 Å². The van der Waals surface area contributed by atoms with Crippen molar-refractivity contribution in [1.82, 2.24) is 5.32 Å². The first kappa shape index (κ1) is 11.2. The van der Waals surface area contributed by atoms with Gasteiger partial charge in [0.05, 0.1) is 0 Å². The van der Waals surface area contributed by atoms with E-state index in [9.17, 15) is 9.59 Å². The normalized spacial score (nSPS) is 9.60. The number of amides is 1. The Hall–Kier alpha value is -1.84. The topological polar surface area (TPSA) is 66.4 Å². The Balaban J connectivity index is 2.22. The monoisotopic (exact) mass is 206 g/mol. The van der Waals surface area contributed by atoms with Gasteiger partial charge in [0.1, 0.15) is 6.42 Å². The summed E-state index contributed by atoms with van der Waals surface area (Å²) in [6.45, 7) is 0.448. The highest BCUT2D eigenvalue weighted by Gasteiger charge is 2.05. The summed E-state index contributed by atoms with van der Waals surface area (Å²) in [5.41, 5.74) is 1.06. The molecule has 0 fully saturated rings. The van der Waals surface area contributed by atoms with E-state index in [1.807, 2.05) is 18.2 Å². The van der Waals surface area contributed by atoms with Gasteiger partial charge in [-0.25, -0.2) is 0 Å².